The number of H-pyrrole nitrogens is 1. The Hall–Kier alpha value is -1.76. The van der Waals surface area contributed by atoms with E-state index in [0.29, 0.717) is 0 Å². The lowest BCUT2D eigenvalue weighted by molar-refractivity contribution is 0.449. The summed E-state index contributed by atoms with van der Waals surface area (Å²) in [7, 11) is 0. The molecule has 0 saturated carbocycles. The SMILES string of the molecule is CCCCC(CC)Cc1ccc2c(c1)[nH]c1ccccc12. The van der Waals surface area contributed by atoms with E-state index in [1.165, 1.54) is 59.5 Å². The Labute approximate surface area is 127 Å². The van der Waals surface area contributed by atoms with Crippen LogP contribution in [-0.2, 0) is 6.42 Å². The largest absolute Gasteiger partial charge is 0.355 e. The summed E-state index contributed by atoms with van der Waals surface area (Å²) in [5.74, 6) is 0.826. The summed E-state index contributed by atoms with van der Waals surface area (Å²) < 4.78 is 0. The minimum atomic E-state index is 0.826. The average molecular weight is 279 g/mol. The second-order valence-electron chi connectivity index (χ2n) is 6.17. The van der Waals surface area contributed by atoms with Gasteiger partial charge in [-0.2, -0.15) is 0 Å². The van der Waals surface area contributed by atoms with E-state index in [1.807, 2.05) is 0 Å². The van der Waals surface area contributed by atoms with Gasteiger partial charge in [0.1, 0.15) is 0 Å². The van der Waals surface area contributed by atoms with Gasteiger partial charge in [-0.25, -0.2) is 0 Å². The van der Waals surface area contributed by atoms with Crippen LogP contribution in [-0.4, -0.2) is 4.98 Å². The van der Waals surface area contributed by atoms with Gasteiger partial charge in [-0.15, -0.1) is 0 Å². The van der Waals surface area contributed by atoms with E-state index < -0.39 is 0 Å². The van der Waals surface area contributed by atoms with Crippen molar-refractivity contribution in [2.45, 2.75) is 46.0 Å². The van der Waals surface area contributed by atoms with Gasteiger partial charge < -0.3 is 4.98 Å². The van der Waals surface area contributed by atoms with Crippen molar-refractivity contribution in [1.29, 1.82) is 0 Å². The molecule has 1 atom stereocenters. The molecule has 0 fully saturated rings. The molecular formula is C20H25N. The van der Waals surface area contributed by atoms with Crippen molar-refractivity contribution in [3.05, 3.63) is 48.0 Å². The molecule has 1 N–H and O–H groups in total. The summed E-state index contributed by atoms with van der Waals surface area (Å²) in [5, 5.41) is 2.67. The van der Waals surface area contributed by atoms with Crippen molar-refractivity contribution in [3.63, 3.8) is 0 Å². The number of aromatic amines is 1. The maximum atomic E-state index is 3.55. The molecule has 0 aliphatic rings. The fourth-order valence-electron chi connectivity index (χ4n) is 3.31. The van der Waals surface area contributed by atoms with Gasteiger partial charge in [0.25, 0.3) is 0 Å². The van der Waals surface area contributed by atoms with E-state index in [9.17, 15) is 0 Å². The maximum Gasteiger partial charge on any atom is 0.0467 e. The Morgan fingerprint density at radius 1 is 0.952 bits per heavy atom. The van der Waals surface area contributed by atoms with Gasteiger partial charge in [0.2, 0.25) is 0 Å². The number of fused-ring (bicyclic) bond motifs is 3. The van der Waals surface area contributed by atoms with Crippen LogP contribution in [0.1, 0.15) is 45.1 Å². The molecule has 0 spiro atoms. The minimum absolute atomic E-state index is 0.826. The van der Waals surface area contributed by atoms with Crippen molar-refractivity contribution >= 4 is 21.8 Å². The van der Waals surface area contributed by atoms with E-state index in [1.54, 1.807) is 0 Å². The molecule has 1 heterocycles. The molecule has 1 nitrogen and oxygen atoms in total. The molecule has 0 radical (unpaired) electrons. The van der Waals surface area contributed by atoms with Crippen LogP contribution in [0.15, 0.2) is 42.5 Å². The molecule has 3 rings (SSSR count). The number of hydrogen-bond acceptors (Lipinski definition) is 0. The number of unbranched alkanes of at least 4 members (excludes halogenated alkanes) is 1. The molecule has 0 amide bonds. The molecule has 0 aliphatic heterocycles. The van der Waals surface area contributed by atoms with Crippen LogP contribution < -0.4 is 0 Å². The zero-order valence-electron chi connectivity index (χ0n) is 13.2. The van der Waals surface area contributed by atoms with Crippen molar-refractivity contribution in [3.8, 4) is 0 Å². The van der Waals surface area contributed by atoms with Gasteiger partial charge in [0.15, 0.2) is 0 Å². The monoisotopic (exact) mass is 279 g/mol. The van der Waals surface area contributed by atoms with Crippen LogP contribution in [0.25, 0.3) is 21.8 Å². The standard InChI is InChI=1S/C20H25N/c1-3-5-8-15(4-2)13-16-11-12-18-17-9-6-7-10-19(17)21-20(18)14-16/h6-7,9-12,14-15,21H,3-5,8,13H2,1-2H3. The lowest BCUT2D eigenvalue weighted by Gasteiger charge is -2.14. The zero-order chi connectivity index (χ0) is 14.7. The number of para-hydroxylation sites is 1. The van der Waals surface area contributed by atoms with Crippen molar-refractivity contribution in [2.24, 2.45) is 5.92 Å². The molecule has 2 aromatic carbocycles. The van der Waals surface area contributed by atoms with Crippen molar-refractivity contribution < 1.29 is 0 Å². The van der Waals surface area contributed by atoms with Crippen molar-refractivity contribution in [2.75, 3.05) is 0 Å². The maximum absolute atomic E-state index is 3.55. The summed E-state index contributed by atoms with van der Waals surface area (Å²) in [5.41, 5.74) is 3.98. The number of nitrogens with one attached hydrogen (secondary N) is 1. The summed E-state index contributed by atoms with van der Waals surface area (Å²) in [6.07, 6.45) is 6.51. The topological polar surface area (TPSA) is 15.8 Å². The summed E-state index contributed by atoms with van der Waals surface area (Å²) in [4.78, 5) is 3.55. The van der Waals surface area contributed by atoms with Gasteiger partial charge in [0.05, 0.1) is 0 Å². The first-order chi connectivity index (χ1) is 10.3. The molecular weight excluding hydrogens is 254 g/mol. The third kappa shape index (κ3) is 2.97. The highest BCUT2D eigenvalue weighted by atomic mass is 14.7. The molecule has 1 aromatic heterocycles. The zero-order valence-corrected chi connectivity index (χ0v) is 13.2. The van der Waals surface area contributed by atoms with Gasteiger partial charge in [0, 0.05) is 21.8 Å². The van der Waals surface area contributed by atoms with Gasteiger partial charge in [-0.05, 0) is 30.0 Å². The Morgan fingerprint density at radius 3 is 2.57 bits per heavy atom. The molecule has 0 aliphatic carbocycles. The Morgan fingerprint density at radius 2 is 1.76 bits per heavy atom. The van der Waals surface area contributed by atoms with E-state index in [0.717, 1.165) is 5.92 Å². The van der Waals surface area contributed by atoms with E-state index in [2.05, 4.69) is 61.3 Å². The highest BCUT2D eigenvalue weighted by molar-refractivity contribution is 6.07. The molecule has 0 saturated heterocycles. The number of benzene rings is 2. The summed E-state index contributed by atoms with van der Waals surface area (Å²) in [6.45, 7) is 4.60. The molecule has 0 bridgehead atoms. The van der Waals surface area contributed by atoms with Crippen molar-refractivity contribution in [1.82, 2.24) is 4.98 Å². The van der Waals surface area contributed by atoms with Crippen LogP contribution in [0, 0.1) is 5.92 Å². The first-order valence-electron chi connectivity index (χ1n) is 8.31. The normalized spacial score (nSPS) is 13.0. The Balaban J connectivity index is 1.88. The van der Waals surface area contributed by atoms with Crippen LogP contribution >= 0.6 is 0 Å². The second-order valence-corrected chi connectivity index (χ2v) is 6.17. The molecule has 21 heavy (non-hydrogen) atoms. The van der Waals surface area contributed by atoms with Crippen LogP contribution in [0.4, 0.5) is 0 Å². The number of hydrogen-bond donors (Lipinski definition) is 1. The van der Waals surface area contributed by atoms with E-state index in [4.69, 9.17) is 0 Å². The molecule has 1 heteroatoms. The highest BCUT2D eigenvalue weighted by Gasteiger charge is 2.09. The first-order valence-corrected chi connectivity index (χ1v) is 8.31. The van der Waals surface area contributed by atoms with E-state index >= 15 is 0 Å². The molecule has 3 aromatic rings. The smallest absolute Gasteiger partial charge is 0.0467 e. The van der Waals surface area contributed by atoms with Gasteiger partial charge >= 0.3 is 0 Å². The first kappa shape index (κ1) is 14.2. The fraction of sp³-hybridized carbons (Fsp3) is 0.400. The lowest BCUT2D eigenvalue weighted by atomic mass is 9.91. The third-order valence-electron chi connectivity index (χ3n) is 4.64. The molecule has 110 valence electrons. The Bertz CT molecular complexity index is 723. The number of aromatic nitrogens is 1. The quantitative estimate of drug-likeness (QED) is 0.563. The van der Waals surface area contributed by atoms with Crippen LogP contribution in [0.2, 0.25) is 0 Å². The van der Waals surface area contributed by atoms with Crippen LogP contribution in [0.5, 0.6) is 0 Å². The lowest BCUT2D eigenvalue weighted by Crippen LogP contribution is -2.03. The van der Waals surface area contributed by atoms with Gasteiger partial charge in [-0.3, -0.25) is 0 Å². The number of rotatable bonds is 6. The van der Waals surface area contributed by atoms with Crippen LogP contribution in [0.3, 0.4) is 0 Å². The Kier molecular flexibility index (Phi) is 4.28. The summed E-state index contributed by atoms with van der Waals surface area (Å²) in [6, 6.07) is 15.5. The molecule has 1 unspecified atom stereocenters. The predicted octanol–water partition coefficient (Wildman–Crippen LogP) is 6.08. The summed E-state index contributed by atoms with van der Waals surface area (Å²) >= 11 is 0. The van der Waals surface area contributed by atoms with Gasteiger partial charge in [-0.1, -0.05) is 69.9 Å². The third-order valence-corrected chi connectivity index (χ3v) is 4.64. The second kappa shape index (κ2) is 6.34. The minimum Gasteiger partial charge on any atom is -0.355 e. The highest BCUT2D eigenvalue weighted by Crippen LogP contribution is 2.27. The average Bonchev–Trinajstić information content (AvgIpc) is 2.89. The predicted molar refractivity (Wildman–Crippen MR) is 92.8 cm³/mol. The van der Waals surface area contributed by atoms with E-state index in [-0.39, 0.29) is 0 Å². The fourth-order valence-corrected chi connectivity index (χ4v) is 3.31.